The number of ether oxygens (including phenoxy) is 1. The van der Waals surface area contributed by atoms with Crippen LogP contribution in [0.3, 0.4) is 0 Å². The zero-order chi connectivity index (χ0) is 16.3. The molecule has 7 nitrogen and oxygen atoms in total. The lowest BCUT2D eigenvalue weighted by Crippen LogP contribution is -2.34. The van der Waals surface area contributed by atoms with Crippen molar-refractivity contribution >= 4 is 17.6 Å². The second-order valence-corrected chi connectivity index (χ2v) is 5.44. The van der Waals surface area contributed by atoms with E-state index in [1.54, 1.807) is 37.1 Å². The molecule has 1 amide bonds. The predicted molar refractivity (Wildman–Crippen MR) is 79.9 cm³/mol. The minimum absolute atomic E-state index is 0.0707. The summed E-state index contributed by atoms with van der Waals surface area (Å²) in [5.41, 5.74) is 1.19. The summed E-state index contributed by atoms with van der Waals surface area (Å²) in [6, 6.07) is 5.14. The zero-order valence-corrected chi connectivity index (χ0v) is 12.6. The number of aliphatic carboxylic acids is 1. The van der Waals surface area contributed by atoms with Crippen molar-refractivity contribution in [1.29, 1.82) is 0 Å². The molecule has 0 bridgehead atoms. The number of carbonyl (C=O) groups is 2. The zero-order valence-electron chi connectivity index (χ0n) is 12.6. The lowest BCUT2D eigenvalue weighted by Gasteiger charge is -2.24. The summed E-state index contributed by atoms with van der Waals surface area (Å²) in [6.45, 7) is 2.04. The number of nitrogens with one attached hydrogen (secondary N) is 1. The van der Waals surface area contributed by atoms with Gasteiger partial charge in [0.15, 0.2) is 6.10 Å². The van der Waals surface area contributed by atoms with Crippen LogP contribution in [-0.4, -0.2) is 53.2 Å². The molecule has 0 spiro atoms. The predicted octanol–water partition coefficient (Wildman–Crippen LogP) is 0.846. The Morgan fingerprint density at radius 1 is 1.50 bits per heavy atom. The Kier molecular flexibility index (Phi) is 4.99. The molecule has 2 atom stereocenters. The van der Waals surface area contributed by atoms with Crippen molar-refractivity contribution in [3.05, 3.63) is 23.8 Å². The van der Waals surface area contributed by atoms with Crippen molar-refractivity contribution in [1.82, 2.24) is 4.90 Å². The average Bonchev–Trinajstić information content (AvgIpc) is 2.45. The second-order valence-electron chi connectivity index (χ2n) is 5.44. The van der Waals surface area contributed by atoms with Crippen molar-refractivity contribution in [2.24, 2.45) is 0 Å². The van der Waals surface area contributed by atoms with Crippen LogP contribution in [0, 0.1) is 0 Å². The maximum atomic E-state index is 11.6. The van der Waals surface area contributed by atoms with Gasteiger partial charge in [-0.25, -0.2) is 0 Å². The number of aliphatic hydroxyl groups excluding tert-OH is 1. The third-order valence-corrected chi connectivity index (χ3v) is 3.51. The Balaban J connectivity index is 1.99. The van der Waals surface area contributed by atoms with E-state index in [2.05, 4.69) is 5.32 Å². The first kappa shape index (κ1) is 16.3. The topological polar surface area (TPSA) is 99.1 Å². The van der Waals surface area contributed by atoms with E-state index in [1.165, 1.54) is 0 Å². The lowest BCUT2D eigenvalue weighted by molar-refractivity contribution is -0.138. The molecule has 7 heteroatoms. The molecule has 0 fully saturated rings. The minimum Gasteiger partial charge on any atom is -0.480 e. The third-order valence-electron chi connectivity index (χ3n) is 3.51. The fourth-order valence-corrected chi connectivity index (χ4v) is 2.25. The highest BCUT2D eigenvalue weighted by atomic mass is 16.5. The van der Waals surface area contributed by atoms with Crippen LogP contribution in [0.15, 0.2) is 18.2 Å². The minimum atomic E-state index is -0.903. The number of fused-ring (bicyclic) bond motifs is 1. The van der Waals surface area contributed by atoms with E-state index in [4.69, 9.17) is 9.84 Å². The number of nitrogens with zero attached hydrogens (tertiary/aromatic N) is 1. The molecular weight excluding hydrogens is 288 g/mol. The average molecular weight is 308 g/mol. The molecule has 1 aliphatic heterocycles. The van der Waals surface area contributed by atoms with Crippen molar-refractivity contribution in [3.8, 4) is 5.75 Å². The van der Waals surface area contributed by atoms with E-state index < -0.39 is 18.2 Å². The maximum Gasteiger partial charge on any atom is 0.317 e. The number of hydrogen-bond acceptors (Lipinski definition) is 5. The number of rotatable bonds is 6. The van der Waals surface area contributed by atoms with Gasteiger partial charge in [0.05, 0.1) is 18.3 Å². The molecule has 22 heavy (non-hydrogen) atoms. The van der Waals surface area contributed by atoms with Gasteiger partial charge in [-0.3, -0.25) is 14.5 Å². The Hall–Kier alpha value is -2.12. The highest BCUT2D eigenvalue weighted by molar-refractivity contribution is 5.97. The first-order valence-corrected chi connectivity index (χ1v) is 7.06. The van der Waals surface area contributed by atoms with Gasteiger partial charge >= 0.3 is 5.97 Å². The van der Waals surface area contributed by atoms with Gasteiger partial charge < -0.3 is 20.3 Å². The molecule has 1 aliphatic rings. The smallest absolute Gasteiger partial charge is 0.317 e. The summed E-state index contributed by atoms with van der Waals surface area (Å²) < 4.78 is 5.45. The van der Waals surface area contributed by atoms with Crippen molar-refractivity contribution < 1.29 is 24.5 Å². The van der Waals surface area contributed by atoms with E-state index >= 15 is 0 Å². The SMILES string of the molecule is CC1Oc2ccc(C(O)CCN(C)CC(=O)O)cc2NC1=O. The molecule has 0 aliphatic carbocycles. The summed E-state index contributed by atoms with van der Waals surface area (Å²) >= 11 is 0. The van der Waals surface area contributed by atoms with Gasteiger partial charge in [-0.1, -0.05) is 6.07 Å². The molecule has 2 rings (SSSR count). The van der Waals surface area contributed by atoms with E-state index in [1.807, 2.05) is 0 Å². The fraction of sp³-hybridized carbons (Fsp3) is 0.467. The first-order valence-electron chi connectivity index (χ1n) is 7.06. The van der Waals surface area contributed by atoms with Crippen LogP contribution in [0.4, 0.5) is 5.69 Å². The molecule has 0 aromatic heterocycles. The number of carboxylic acid groups (broad SMARTS) is 1. The van der Waals surface area contributed by atoms with Crippen LogP contribution in [0.25, 0.3) is 0 Å². The van der Waals surface area contributed by atoms with Crippen LogP contribution in [0.1, 0.15) is 25.0 Å². The van der Waals surface area contributed by atoms with E-state index in [-0.39, 0.29) is 12.5 Å². The number of aliphatic hydroxyl groups is 1. The number of benzene rings is 1. The Bertz CT molecular complexity index is 575. The van der Waals surface area contributed by atoms with Gasteiger partial charge in [-0.05, 0) is 38.1 Å². The summed E-state index contributed by atoms with van der Waals surface area (Å²) in [5.74, 6) is -0.550. The van der Waals surface area contributed by atoms with Crippen LogP contribution in [0.2, 0.25) is 0 Å². The molecule has 0 saturated heterocycles. The van der Waals surface area contributed by atoms with Crippen molar-refractivity contribution in [2.45, 2.75) is 25.6 Å². The molecule has 0 saturated carbocycles. The summed E-state index contributed by atoms with van der Waals surface area (Å²) in [7, 11) is 1.68. The number of carboxylic acids is 1. The van der Waals surface area contributed by atoms with Crippen LogP contribution in [-0.2, 0) is 9.59 Å². The van der Waals surface area contributed by atoms with Gasteiger partial charge in [0.2, 0.25) is 0 Å². The monoisotopic (exact) mass is 308 g/mol. The summed E-state index contributed by atoms with van der Waals surface area (Å²) in [5, 5.41) is 21.6. The lowest BCUT2D eigenvalue weighted by atomic mass is 10.0. The number of hydrogen-bond donors (Lipinski definition) is 3. The number of amides is 1. The van der Waals surface area contributed by atoms with Gasteiger partial charge in [-0.15, -0.1) is 0 Å². The third kappa shape index (κ3) is 3.96. The van der Waals surface area contributed by atoms with Crippen molar-refractivity contribution in [2.75, 3.05) is 25.5 Å². The molecule has 1 aromatic carbocycles. The van der Waals surface area contributed by atoms with E-state index in [0.717, 1.165) is 0 Å². The summed E-state index contributed by atoms with van der Waals surface area (Å²) in [4.78, 5) is 23.8. The Morgan fingerprint density at radius 2 is 2.23 bits per heavy atom. The Morgan fingerprint density at radius 3 is 2.91 bits per heavy atom. The van der Waals surface area contributed by atoms with Gasteiger partial charge in [-0.2, -0.15) is 0 Å². The number of anilines is 1. The van der Waals surface area contributed by atoms with Crippen LogP contribution >= 0.6 is 0 Å². The molecule has 2 unspecified atom stereocenters. The van der Waals surface area contributed by atoms with E-state index in [0.29, 0.717) is 30.0 Å². The van der Waals surface area contributed by atoms with Gasteiger partial charge in [0, 0.05) is 6.54 Å². The maximum absolute atomic E-state index is 11.6. The van der Waals surface area contributed by atoms with Gasteiger partial charge in [0.1, 0.15) is 5.75 Å². The number of carbonyl (C=O) groups excluding carboxylic acids is 1. The Labute approximate surface area is 128 Å². The molecule has 120 valence electrons. The first-order chi connectivity index (χ1) is 10.4. The largest absolute Gasteiger partial charge is 0.480 e. The van der Waals surface area contributed by atoms with Crippen LogP contribution in [0.5, 0.6) is 5.75 Å². The molecular formula is C15H20N2O5. The second kappa shape index (κ2) is 6.76. The quantitative estimate of drug-likeness (QED) is 0.720. The van der Waals surface area contributed by atoms with Crippen LogP contribution < -0.4 is 10.1 Å². The van der Waals surface area contributed by atoms with Gasteiger partial charge in [0.25, 0.3) is 5.91 Å². The molecule has 1 heterocycles. The number of likely N-dealkylation sites (N-methyl/N-ethyl adjacent to an activating group) is 1. The van der Waals surface area contributed by atoms with Crippen molar-refractivity contribution in [3.63, 3.8) is 0 Å². The highest BCUT2D eigenvalue weighted by Gasteiger charge is 2.24. The standard InChI is InChI=1S/C15H20N2O5/c1-9-15(21)16-11-7-10(3-4-13(11)22-9)12(18)5-6-17(2)8-14(19)20/h3-4,7,9,12,18H,5-6,8H2,1-2H3,(H,16,21)(H,19,20). The molecule has 3 N–H and O–H groups in total. The molecule has 1 aromatic rings. The fourth-order valence-electron chi connectivity index (χ4n) is 2.25. The highest BCUT2D eigenvalue weighted by Crippen LogP contribution is 2.32. The summed E-state index contributed by atoms with van der Waals surface area (Å²) in [6.07, 6.45) is -0.876. The normalized spacial score (nSPS) is 18.4. The van der Waals surface area contributed by atoms with E-state index in [9.17, 15) is 14.7 Å². The molecule has 0 radical (unpaired) electrons.